The van der Waals surface area contributed by atoms with E-state index in [1.165, 1.54) is 25.3 Å². The highest BCUT2D eigenvalue weighted by atomic mass is 19.3. The smallest absolute Gasteiger partial charge is 0.280 e. The van der Waals surface area contributed by atoms with E-state index >= 15 is 0 Å². The van der Waals surface area contributed by atoms with Crippen molar-refractivity contribution in [2.24, 2.45) is 0 Å². The fourth-order valence-electron chi connectivity index (χ4n) is 0.966. The average Bonchev–Trinajstić information content (AvgIpc) is 2.04. The molecule has 1 rings (SSSR count). The van der Waals surface area contributed by atoms with E-state index in [9.17, 15) is 8.78 Å². The number of rotatable bonds is 2. The SMILES string of the molecule is CC(O)c1cccnc1C(F)F. The Morgan fingerprint density at radius 1 is 1.50 bits per heavy atom. The molecule has 12 heavy (non-hydrogen) atoms. The highest BCUT2D eigenvalue weighted by molar-refractivity contribution is 5.22. The van der Waals surface area contributed by atoms with Crippen molar-refractivity contribution in [3.63, 3.8) is 0 Å². The lowest BCUT2D eigenvalue weighted by Gasteiger charge is -2.08. The van der Waals surface area contributed by atoms with Crippen LogP contribution in [0.4, 0.5) is 8.78 Å². The molecule has 0 saturated carbocycles. The quantitative estimate of drug-likeness (QED) is 0.742. The third-order valence-corrected chi connectivity index (χ3v) is 1.53. The van der Waals surface area contributed by atoms with Gasteiger partial charge in [-0.15, -0.1) is 0 Å². The summed E-state index contributed by atoms with van der Waals surface area (Å²) in [6.45, 7) is 1.43. The number of nitrogens with zero attached hydrogens (tertiary/aromatic N) is 1. The summed E-state index contributed by atoms with van der Waals surface area (Å²) < 4.78 is 24.4. The van der Waals surface area contributed by atoms with E-state index in [2.05, 4.69) is 4.98 Å². The van der Waals surface area contributed by atoms with Crippen molar-refractivity contribution >= 4 is 0 Å². The molecule has 0 spiro atoms. The van der Waals surface area contributed by atoms with Gasteiger partial charge >= 0.3 is 0 Å². The van der Waals surface area contributed by atoms with Crippen LogP contribution < -0.4 is 0 Å². The van der Waals surface area contributed by atoms with E-state index in [-0.39, 0.29) is 11.3 Å². The van der Waals surface area contributed by atoms with Gasteiger partial charge < -0.3 is 5.11 Å². The monoisotopic (exact) mass is 173 g/mol. The second kappa shape index (κ2) is 3.58. The van der Waals surface area contributed by atoms with Crippen LogP contribution in [0.15, 0.2) is 18.3 Å². The largest absolute Gasteiger partial charge is 0.389 e. The molecule has 0 saturated heterocycles. The Labute approximate surface area is 68.9 Å². The third-order valence-electron chi connectivity index (χ3n) is 1.53. The maximum absolute atomic E-state index is 12.2. The predicted molar refractivity (Wildman–Crippen MR) is 39.8 cm³/mol. The van der Waals surface area contributed by atoms with Crippen molar-refractivity contribution in [2.45, 2.75) is 19.5 Å². The van der Waals surface area contributed by atoms with Crippen LogP contribution in [0.5, 0.6) is 0 Å². The van der Waals surface area contributed by atoms with Crippen LogP contribution in [0.1, 0.15) is 30.7 Å². The van der Waals surface area contributed by atoms with Crippen LogP contribution in [-0.2, 0) is 0 Å². The fraction of sp³-hybridized carbons (Fsp3) is 0.375. The Hall–Kier alpha value is -1.03. The topological polar surface area (TPSA) is 33.1 Å². The van der Waals surface area contributed by atoms with Gasteiger partial charge in [0.2, 0.25) is 0 Å². The Morgan fingerprint density at radius 2 is 2.17 bits per heavy atom. The number of hydrogen-bond acceptors (Lipinski definition) is 2. The van der Waals surface area contributed by atoms with E-state index in [1.807, 2.05) is 0 Å². The molecule has 0 bridgehead atoms. The van der Waals surface area contributed by atoms with Gasteiger partial charge in [0.25, 0.3) is 6.43 Å². The molecule has 0 aliphatic heterocycles. The summed E-state index contributed by atoms with van der Waals surface area (Å²) in [7, 11) is 0. The predicted octanol–water partition coefficient (Wildman–Crippen LogP) is 2.07. The molecule has 0 fully saturated rings. The lowest BCUT2D eigenvalue weighted by atomic mass is 10.1. The molecular weight excluding hydrogens is 164 g/mol. The molecule has 0 aromatic carbocycles. The van der Waals surface area contributed by atoms with Crippen LogP contribution in [0.3, 0.4) is 0 Å². The second-order valence-corrected chi connectivity index (χ2v) is 2.45. The van der Waals surface area contributed by atoms with Gasteiger partial charge in [0.1, 0.15) is 5.69 Å². The number of aliphatic hydroxyl groups excluding tert-OH is 1. The summed E-state index contributed by atoms with van der Waals surface area (Å²) in [6, 6.07) is 2.97. The van der Waals surface area contributed by atoms with Crippen molar-refractivity contribution in [2.75, 3.05) is 0 Å². The number of hydrogen-bond donors (Lipinski definition) is 1. The molecule has 4 heteroatoms. The van der Waals surface area contributed by atoms with Crippen LogP contribution in [0.2, 0.25) is 0 Å². The lowest BCUT2D eigenvalue weighted by molar-refractivity contribution is 0.135. The molecule has 0 amide bonds. The molecule has 0 radical (unpaired) electrons. The van der Waals surface area contributed by atoms with Gasteiger partial charge in [-0.05, 0) is 13.0 Å². The summed E-state index contributed by atoms with van der Waals surface area (Å²) in [5, 5.41) is 9.08. The Bertz CT molecular complexity index is 236. The molecule has 1 unspecified atom stereocenters. The van der Waals surface area contributed by atoms with E-state index in [4.69, 9.17) is 5.11 Å². The molecule has 1 heterocycles. The summed E-state index contributed by atoms with van der Waals surface area (Å²) in [6.07, 6.45) is -2.24. The fourth-order valence-corrected chi connectivity index (χ4v) is 0.966. The van der Waals surface area contributed by atoms with Crippen LogP contribution >= 0.6 is 0 Å². The molecule has 1 atom stereocenters. The first-order chi connectivity index (χ1) is 5.63. The summed E-state index contributed by atoms with van der Waals surface area (Å²) in [4.78, 5) is 3.49. The van der Waals surface area contributed by atoms with Crippen molar-refractivity contribution in [3.8, 4) is 0 Å². The van der Waals surface area contributed by atoms with Crippen LogP contribution in [0.25, 0.3) is 0 Å². The highest BCUT2D eigenvalue weighted by Gasteiger charge is 2.16. The van der Waals surface area contributed by atoms with Crippen molar-refractivity contribution in [1.29, 1.82) is 0 Å². The van der Waals surface area contributed by atoms with Crippen LogP contribution in [0, 0.1) is 0 Å². The molecular formula is C8H9F2NO. The summed E-state index contributed by atoms with van der Waals surface area (Å²) in [5.74, 6) is 0. The molecule has 0 aliphatic rings. The van der Waals surface area contributed by atoms with E-state index < -0.39 is 12.5 Å². The Morgan fingerprint density at radius 3 is 2.58 bits per heavy atom. The number of pyridine rings is 1. The van der Waals surface area contributed by atoms with Gasteiger partial charge in [-0.3, -0.25) is 4.98 Å². The Balaban J connectivity index is 3.09. The molecule has 0 aliphatic carbocycles. The average molecular weight is 173 g/mol. The molecule has 1 aromatic rings. The van der Waals surface area contributed by atoms with E-state index in [1.54, 1.807) is 0 Å². The van der Waals surface area contributed by atoms with Gasteiger partial charge in [0.15, 0.2) is 0 Å². The zero-order valence-electron chi connectivity index (χ0n) is 6.54. The highest BCUT2D eigenvalue weighted by Crippen LogP contribution is 2.24. The first kappa shape index (κ1) is 9.06. The number of aliphatic hydroxyl groups is 1. The van der Waals surface area contributed by atoms with E-state index in [0.717, 1.165) is 0 Å². The molecule has 1 N–H and O–H groups in total. The third kappa shape index (κ3) is 1.76. The maximum Gasteiger partial charge on any atom is 0.280 e. The number of halogens is 2. The Kier molecular flexibility index (Phi) is 2.70. The van der Waals surface area contributed by atoms with Crippen molar-refractivity contribution in [1.82, 2.24) is 4.98 Å². The van der Waals surface area contributed by atoms with Gasteiger partial charge in [0.05, 0.1) is 6.10 Å². The zero-order chi connectivity index (χ0) is 9.14. The van der Waals surface area contributed by atoms with E-state index in [0.29, 0.717) is 0 Å². The summed E-state index contributed by atoms with van der Waals surface area (Å²) in [5.41, 5.74) is -0.153. The van der Waals surface area contributed by atoms with Gasteiger partial charge in [0, 0.05) is 11.8 Å². The lowest BCUT2D eigenvalue weighted by Crippen LogP contribution is -2.01. The normalized spacial score (nSPS) is 13.4. The van der Waals surface area contributed by atoms with Gasteiger partial charge in [-0.2, -0.15) is 0 Å². The summed E-state index contributed by atoms with van der Waals surface area (Å²) >= 11 is 0. The molecule has 1 aromatic heterocycles. The van der Waals surface area contributed by atoms with Gasteiger partial charge in [-0.25, -0.2) is 8.78 Å². The number of alkyl halides is 2. The maximum atomic E-state index is 12.2. The molecule has 66 valence electrons. The second-order valence-electron chi connectivity index (χ2n) is 2.45. The van der Waals surface area contributed by atoms with Gasteiger partial charge in [-0.1, -0.05) is 6.07 Å². The van der Waals surface area contributed by atoms with Crippen molar-refractivity contribution < 1.29 is 13.9 Å². The first-order valence-electron chi connectivity index (χ1n) is 3.54. The first-order valence-corrected chi connectivity index (χ1v) is 3.54. The molecule has 2 nitrogen and oxygen atoms in total. The number of aromatic nitrogens is 1. The van der Waals surface area contributed by atoms with Crippen LogP contribution in [-0.4, -0.2) is 10.1 Å². The zero-order valence-corrected chi connectivity index (χ0v) is 6.54. The standard InChI is InChI=1S/C8H9F2NO/c1-5(12)6-3-2-4-11-7(6)8(9)10/h2-5,8,12H,1H3. The minimum Gasteiger partial charge on any atom is -0.389 e. The van der Waals surface area contributed by atoms with Crippen molar-refractivity contribution in [3.05, 3.63) is 29.6 Å². The minimum absolute atomic E-state index is 0.188. The minimum atomic E-state index is -2.63.